The SMILES string of the molecule is CCC(C#N)Oc1cccc(S(C)(=O)=O)c1. The zero-order valence-electron chi connectivity index (χ0n) is 9.17. The topological polar surface area (TPSA) is 67.2 Å². The molecular formula is C11H13NO3S. The van der Waals surface area contributed by atoms with Crippen molar-refractivity contribution in [1.29, 1.82) is 5.26 Å². The smallest absolute Gasteiger partial charge is 0.184 e. The third-order valence-electron chi connectivity index (χ3n) is 2.03. The van der Waals surface area contributed by atoms with E-state index in [4.69, 9.17) is 10.00 Å². The summed E-state index contributed by atoms with van der Waals surface area (Å²) in [5.74, 6) is 0.399. The average Bonchev–Trinajstić information content (AvgIpc) is 2.25. The number of nitriles is 1. The highest BCUT2D eigenvalue weighted by Crippen LogP contribution is 2.18. The van der Waals surface area contributed by atoms with Crippen LogP contribution in [0.4, 0.5) is 0 Å². The van der Waals surface area contributed by atoms with Crippen molar-refractivity contribution < 1.29 is 13.2 Å². The van der Waals surface area contributed by atoms with Gasteiger partial charge in [0.15, 0.2) is 15.9 Å². The van der Waals surface area contributed by atoms with Gasteiger partial charge in [-0.3, -0.25) is 0 Å². The summed E-state index contributed by atoms with van der Waals surface area (Å²) < 4.78 is 27.9. The van der Waals surface area contributed by atoms with Gasteiger partial charge in [0.25, 0.3) is 0 Å². The Bertz CT molecular complexity index is 502. The Labute approximate surface area is 95.4 Å². The number of rotatable bonds is 4. The molecule has 1 aromatic carbocycles. The molecule has 0 aromatic heterocycles. The van der Waals surface area contributed by atoms with Gasteiger partial charge in [0.1, 0.15) is 11.8 Å². The van der Waals surface area contributed by atoms with Crippen LogP contribution in [0.5, 0.6) is 5.75 Å². The second kappa shape index (κ2) is 4.99. The number of benzene rings is 1. The fourth-order valence-corrected chi connectivity index (χ4v) is 1.80. The Morgan fingerprint density at radius 3 is 2.69 bits per heavy atom. The van der Waals surface area contributed by atoms with Crippen molar-refractivity contribution in [3.8, 4) is 11.8 Å². The largest absolute Gasteiger partial charge is 0.476 e. The molecule has 0 fully saturated rings. The lowest BCUT2D eigenvalue weighted by molar-refractivity contribution is 0.251. The molecule has 0 aliphatic rings. The standard InChI is InChI=1S/C11H13NO3S/c1-3-9(8-12)15-10-5-4-6-11(7-10)16(2,13)14/h4-7,9H,3H2,1-2H3. The zero-order valence-corrected chi connectivity index (χ0v) is 9.99. The number of nitrogens with zero attached hydrogens (tertiary/aromatic N) is 1. The number of sulfone groups is 1. The first-order valence-corrected chi connectivity index (χ1v) is 6.73. The summed E-state index contributed by atoms with van der Waals surface area (Å²) in [6, 6.07) is 8.13. The minimum Gasteiger partial charge on any atom is -0.476 e. The van der Waals surface area contributed by atoms with Gasteiger partial charge in [-0.25, -0.2) is 8.42 Å². The van der Waals surface area contributed by atoms with Gasteiger partial charge in [-0.2, -0.15) is 5.26 Å². The van der Waals surface area contributed by atoms with Crippen molar-refractivity contribution >= 4 is 9.84 Å². The minimum atomic E-state index is -3.24. The molecule has 1 aromatic rings. The fourth-order valence-electron chi connectivity index (χ4n) is 1.14. The number of hydrogen-bond donors (Lipinski definition) is 0. The number of hydrogen-bond acceptors (Lipinski definition) is 4. The van der Waals surface area contributed by atoms with E-state index in [1.165, 1.54) is 12.1 Å². The molecule has 0 bridgehead atoms. The van der Waals surface area contributed by atoms with E-state index >= 15 is 0 Å². The molecule has 0 saturated carbocycles. The molecule has 1 atom stereocenters. The molecule has 1 rings (SSSR count). The van der Waals surface area contributed by atoms with Crippen LogP contribution in [-0.2, 0) is 9.84 Å². The second-order valence-corrected chi connectivity index (χ2v) is 5.41. The third kappa shape index (κ3) is 3.24. The lowest BCUT2D eigenvalue weighted by Gasteiger charge is -2.10. The van der Waals surface area contributed by atoms with Crippen LogP contribution >= 0.6 is 0 Å². The predicted octanol–water partition coefficient (Wildman–Crippen LogP) is 1.77. The molecule has 0 N–H and O–H groups in total. The van der Waals surface area contributed by atoms with Crippen LogP contribution in [0.1, 0.15) is 13.3 Å². The molecule has 0 amide bonds. The summed E-state index contributed by atoms with van der Waals surface area (Å²) in [4.78, 5) is 0.192. The Balaban J connectivity index is 2.97. The van der Waals surface area contributed by atoms with Crippen molar-refractivity contribution in [2.75, 3.05) is 6.26 Å². The summed E-state index contributed by atoms with van der Waals surface area (Å²) >= 11 is 0. The predicted molar refractivity (Wildman–Crippen MR) is 59.9 cm³/mol. The van der Waals surface area contributed by atoms with Crippen molar-refractivity contribution in [3.05, 3.63) is 24.3 Å². The second-order valence-electron chi connectivity index (χ2n) is 3.39. The first-order chi connectivity index (χ1) is 7.47. The molecule has 0 radical (unpaired) electrons. The Morgan fingerprint density at radius 2 is 2.19 bits per heavy atom. The molecule has 4 nitrogen and oxygen atoms in total. The first kappa shape index (κ1) is 12.5. The van der Waals surface area contributed by atoms with Crippen LogP contribution < -0.4 is 4.74 Å². The molecule has 0 aliphatic heterocycles. The van der Waals surface area contributed by atoms with Crippen molar-refractivity contribution in [1.82, 2.24) is 0 Å². The van der Waals surface area contributed by atoms with E-state index in [1.54, 1.807) is 12.1 Å². The highest BCUT2D eigenvalue weighted by Gasteiger charge is 2.10. The summed E-state index contributed by atoms with van der Waals surface area (Å²) in [7, 11) is -3.24. The van der Waals surface area contributed by atoms with E-state index in [-0.39, 0.29) is 4.90 Å². The highest BCUT2D eigenvalue weighted by atomic mass is 32.2. The molecule has 0 saturated heterocycles. The van der Waals surface area contributed by atoms with Crippen LogP contribution in [-0.4, -0.2) is 20.8 Å². The van der Waals surface area contributed by atoms with Gasteiger partial charge >= 0.3 is 0 Å². The van der Waals surface area contributed by atoms with Crippen LogP contribution in [0.2, 0.25) is 0 Å². The molecule has 86 valence electrons. The van der Waals surface area contributed by atoms with E-state index < -0.39 is 15.9 Å². The third-order valence-corrected chi connectivity index (χ3v) is 3.14. The molecular weight excluding hydrogens is 226 g/mol. The summed E-state index contributed by atoms with van der Waals surface area (Å²) in [5, 5.41) is 8.72. The maximum atomic E-state index is 11.3. The summed E-state index contributed by atoms with van der Waals surface area (Å²) in [6.07, 6.45) is 1.14. The average molecular weight is 239 g/mol. The van der Waals surface area contributed by atoms with Crippen molar-refractivity contribution in [2.45, 2.75) is 24.3 Å². The van der Waals surface area contributed by atoms with E-state index in [0.29, 0.717) is 12.2 Å². The summed E-state index contributed by atoms with van der Waals surface area (Å²) in [5.41, 5.74) is 0. The van der Waals surface area contributed by atoms with E-state index in [2.05, 4.69) is 0 Å². The zero-order chi connectivity index (χ0) is 12.2. The van der Waals surface area contributed by atoms with Crippen molar-refractivity contribution in [3.63, 3.8) is 0 Å². The normalized spacial score (nSPS) is 12.8. The van der Waals surface area contributed by atoms with Crippen LogP contribution in [0.3, 0.4) is 0 Å². The number of ether oxygens (including phenoxy) is 1. The first-order valence-electron chi connectivity index (χ1n) is 4.83. The van der Waals surface area contributed by atoms with Crippen molar-refractivity contribution in [2.24, 2.45) is 0 Å². The van der Waals surface area contributed by atoms with Gasteiger partial charge in [-0.05, 0) is 24.6 Å². The maximum Gasteiger partial charge on any atom is 0.184 e. The van der Waals surface area contributed by atoms with Gasteiger partial charge in [0.05, 0.1) is 4.90 Å². The molecule has 0 spiro atoms. The van der Waals surface area contributed by atoms with E-state index in [0.717, 1.165) is 6.26 Å². The summed E-state index contributed by atoms with van der Waals surface area (Å²) in [6.45, 7) is 1.83. The molecule has 1 unspecified atom stereocenters. The van der Waals surface area contributed by atoms with Gasteiger partial charge < -0.3 is 4.74 Å². The monoisotopic (exact) mass is 239 g/mol. The van der Waals surface area contributed by atoms with Crippen LogP contribution in [0.15, 0.2) is 29.2 Å². The van der Waals surface area contributed by atoms with E-state index in [9.17, 15) is 8.42 Å². The van der Waals surface area contributed by atoms with Gasteiger partial charge in [0.2, 0.25) is 0 Å². The van der Waals surface area contributed by atoms with Crippen LogP contribution in [0.25, 0.3) is 0 Å². The van der Waals surface area contributed by atoms with Gasteiger partial charge in [-0.1, -0.05) is 13.0 Å². The van der Waals surface area contributed by atoms with Gasteiger partial charge in [-0.15, -0.1) is 0 Å². The molecule has 0 aliphatic carbocycles. The molecule has 0 heterocycles. The fraction of sp³-hybridized carbons (Fsp3) is 0.364. The van der Waals surface area contributed by atoms with Crippen LogP contribution in [0, 0.1) is 11.3 Å². The lowest BCUT2D eigenvalue weighted by atomic mass is 10.3. The lowest BCUT2D eigenvalue weighted by Crippen LogP contribution is -2.12. The molecule has 5 heteroatoms. The van der Waals surface area contributed by atoms with Gasteiger partial charge in [0, 0.05) is 6.26 Å². The molecule has 16 heavy (non-hydrogen) atoms. The maximum absolute atomic E-state index is 11.3. The Hall–Kier alpha value is -1.54. The van der Waals surface area contributed by atoms with E-state index in [1.807, 2.05) is 13.0 Å². The minimum absolute atomic E-state index is 0.192. The quantitative estimate of drug-likeness (QED) is 0.803. The Morgan fingerprint density at radius 1 is 1.50 bits per heavy atom. The Kier molecular flexibility index (Phi) is 3.91. The highest BCUT2D eigenvalue weighted by molar-refractivity contribution is 7.90.